The standard InChI is InChI=1S/C14H23N3/c1-3-16-14-5-4-6-17(11-14)10-13-7-12(2)8-15-9-13/h7-9,14,16H,3-6,10-11H2,1-2H3. The van der Waals surface area contributed by atoms with E-state index in [1.807, 2.05) is 12.4 Å². The van der Waals surface area contributed by atoms with Crippen LogP contribution in [-0.4, -0.2) is 35.6 Å². The number of nitrogens with zero attached hydrogens (tertiary/aromatic N) is 2. The van der Waals surface area contributed by atoms with Gasteiger partial charge in [0.25, 0.3) is 0 Å². The first-order valence-corrected chi connectivity index (χ1v) is 6.64. The van der Waals surface area contributed by atoms with Gasteiger partial charge in [0.15, 0.2) is 0 Å². The van der Waals surface area contributed by atoms with Gasteiger partial charge in [0, 0.05) is 31.5 Å². The number of aromatic nitrogens is 1. The second-order valence-corrected chi connectivity index (χ2v) is 5.00. The Hall–Kier alpha value is -0.930. The molecular weight excluding hydrogens is 210 g/mol. The number of aryl methyl sites for hydroxylation is 1. The molecule has 1 aliphatic heterocycles. The first-order chi connectivity index (χ1) is 8.28. The minimum Gasteiger partial charge on any atom is -0.313 e. The average Bonchev–Trinajstić information content (AvgIpc) is 2.30. The first-order valence-electron chi connectivity index (χ1n) is 6.64. The molecule has 1 aromatic rings. The molecule has 94 valence electrons. The predicted molar refractivity (Wildman–Crippen MR) is 70.9 cm³/mol. The molecule has 0 aliphatic carbocycles. The zero-order valence-electron chi connectivity index (χ0n) is 10.9. The van der Waals surface area contributed by atoms with Gasteiger partial charge in [0.05, 0.1) is 0 Å². The molecule has 1 saturated heterocycles. The molecule has 1 unspecified atom stereocenters. The molecular formula is C14H23N3. The Morgan fingerprint density at radius 2 is 2.35 bits per heavy atom. The first kappa shape index (κ1) is 12.5. The van der Waals surface area contributed by atoms with Gasteiger partial charge in [-0.15, -0.1) is 0 Å². The molecule has 0 bridgehead atoms. The fourth-order valence-corrected chi connectivity index (χ4v) is 2.62. The van der Waals surface area contributed by atoms with E-state index >= 15 is 0 Å². The van der Waals surface area contributed by atoms with E-state index in [1.165, 1.54) is 37.1 Å². The lowest BCUT2D eigenvalue weighted by Gasteiger charge is -2.33. The van der Waals surface area contributed by atoms with Crippen molar-refractivity contribution in [1.29, 1.82) is 0 Å². The van der Waals surface area contributed by atoms with Gasteiger partial charge < -0.3 is 5.32 Å². The Kier molecular flexibility index (Phi) is 4.51. The largest absolute Gasteiger partial charge is 0.313 e. The quantitative estimate of drug-likeness (QED) is 0.861. The Labute approximate surface area is 104 Å². The number of rotatable bonds is 4. The molecule has 1 aliphatic rings. The van der Waals surface area contributed by atoms with E-state index in [2.05, 4.69) is 35.1 Å². The summed E-state index contributed by atoms with van der Waals surface area (Å²) in [4.78, 5) is 6.80. The van der Waals surface area contributed by atoms with E-state index in [-0.39, 0.29) is 0 Å². The van der Waals surface area contributed by atoms with Crippen molar-refractivity contribution in [1.82, 2.24) is 15.2 Å². The molecule has 1 aromatic heterocycles. The van der Waals surface area contributed by atoms with Crippen molar-refractivity contribution in [3.63, 3.8) is 0 Å². The molecule has 0 radical (unpaired) electrons. The van der Waals surface area contributed by atoms with Crippen LogP contribution in [0.25, 0.3) is 0 Å². The number of pyridine rings is 1. The predicted octanol–water partition coefficient (Wildman–Crippen LogP) is 1.96. The van der Waals surface area contributed by atoms with Crippen LogP contribution in [0, 0.1) is 6.92 Å². The monoisotopic (exact) mass is 233 g/mol. The number of likely N-dealkylation sites (tertiary alicyclic amines) is 1. The van der Waals surface area contributed by atoms with Gasteiger partial charge in [-0.25, -0.2) is 0 Å². The molecule has 0 aromatic carbocycles. The van der Waals surface area contributed by atoms with Crippen LogP contribution >= 0.6 is 0 Å². The minimum absolute atomic E-state index is 0.673. The van der Waals surface area contributed by atoms with Crippen molar-refractivity contribution in [2.24, 2.45) is 0 Å². The second-order valence-electron chi connectivity index (χ2n) is 5.00. The van der Waals surface area contributed by atoms with Crippen LogP contribution < -0.4 is 5.32 Å². The van der Waals surface area contributed by atoms with Crippen molar-refractivity contribution in [2.45, 2.75) is 39.3 Å². The van der Waals surface area contributed by atoms with Gasteiger partial charge in [-0.05, 0) is 44.0 Å². The highest BCUT2D eigenvalue weighted by Crippen LogP contribution is 2.13. The molecule has 1 fully saturated rings. The van der Waals surface area contributed by atoms with E-state index in [0.717, 1.165) is 13.1 Å². The van der Waals surface area contributed by atoms with Gasteiger partial charge >= 0.3 is 0 Å². The molecule has 1 N–H and O–H groups in total. The topological polar surface area (TPSA) is 28.2 Å². The van der Waals surface area contributed by atoms with Crippen molar-refractivity contribution < 1.29 is 0 Å². The zero-order valence-corrected chi connectivity index (χ0v) is 10.9. The lowest BCUT2D eigenvalue weighted by Crippen LogP contribution is -2.45. The van der Waals surface area contributed by atoms with Crippen molar-refractivity contribution >= 4 is 0 Å². The normalized spacial score (nSPS) is 21.6. The summed E-state index contributed by atoms with van der Waals surface area (Å²) in [6.45, 7) is 8.79. The maximum Gasteiger partial charge on any atom is 0.0313 e. The van der Waals surface area contributed by atoms with E-state index in [1.54, 1.807) is 0 Å². The van der Waals surface area contributed by atoms with Crippen LogP contribution in [0.3, 0.4) is 0 Å². The van der Waals surface area contributed by atoms with Crippen LogP contribution in [0.5, 0.6) is 0 Å². The van der Waals surface area contributed by atoms with E-state index in [0.29, 0.717) is 6.04 Å². The van der Waals surface area contributed by atoms with Crippen LogP contribution in [0.4, 0.5) is 0 Å². The molecule has 0 amide bonds. The van der Waals surface area contributed by atoms with Crippen LogP contribution in [0.15, 0.2) is 18.5 Å². The Bertz CT molecular complexity index is 349. The molecule has 2 heterocycles. The summed E-state index contributed by atoms with van der Waals surface area (Å²) in [5.41, 5.74) is 2.59. The highest BCUT2D eigenvalue weighted by molar-refractivity contribution is 5.16. The van der Waals surface area contributed by atoms with Gasteiger partial charge in [0.1, 0.15) is 0 Å². The third kappa shape index (κ3) is 3.79. The number of piperidine rings is 1. The van der Waals surface area contributed by atoms with Crippen LogP contribution in [0.2, 0.25) is 0 Å². The average molecular weight is 233 g/mol. The summed E-state index contributed by atoms with van der Waals surface area (Å²) < 4.78 is 0. The van der Waals surface area contributed by atoms with Crippen molar-refractivity contribution in [3.05, 3.63) is 29.6 Å². The van der Waals surface area contributed by atoms with Gasteiger partial charge in [-0.1, -0.05) is 13.0 Å². The smallest absolute Gasteiger partial charge is 0.0313 e. The number of hydrogen-bond donors (Lipinski definition) is 1. The fourth-order valence-electron chi connectivity index (χ4n) is 2.62. The highest BCUT2D eigenvalue weighted by Gasteiger charge is 2.18. The summed E-state index contributed by atoms with van der Waals surface area (Å²) in [6.07, 6.45) is 6.53. The van der Waals surface area contributed by atoms with Crippen molar-refractivity contribution in [2.75, 3.05) is 19.6 Å². The van der Waals surface area contributed by atoms with E-state index in [9.17, 15) is 0 Å². The Morgan fingerprint density at radius 1 is 1.47 bits per heavy atom. The van der Waals surface area contributed by atoms with Crippen LogP contribution in [-0.2, 0) is 6.54 Å². The Morgan fingerprint density at radius 3 is 3.12 bits per heavy atom. The molecule has 1 atom stereocenters. The highest BCUT2D eigenvalue weighted by atomic mass is 15.2. The van der Waals surface area contributed by atoms with Gasteiger partial charge in [-0.3, -0.25) is 9.88 Å². The summed E-state index contributed by atoms with van der Waals surface area (Å²) in [6, 6.07) is 2.91. The number of hydrogen-bond acceptors (Lipinski definition) is 3. The maximum absolute atomic E-state index is 4.26. The van der Waals surface area contributed by atoms with Crippen molar-refractivity contribution in [3.8, 4) is 0 Å². The maximum atomic E-state index is 4.26. The lowest BCUT2D eigenvalue weighted by atomic mass is 10.0. The SMILES string of the molecule is CCNC1CCCN(Cc2cncc(C)c2)C1. The van der Waals surface area contributed by atoms with E-state index < -0.39 is 0 Å². The van der Waals surface area contributed by atoms with Gasteiger partial charge in [0.2, 0.25) is 0 Å². The number of likely N-dealkylation sites (N-methyl/N-ethyl adjacent to an activating group) is 1. The molecule has 17 heavy (non-hydrogen) atoms. The Balaban J connectivity index is 1.90. The zero-order chi connectivity index (χ0) is 12.1. The van der Waals surface area contributed by atoms with Gasteiger partial charge in [-0.2, -0.15) is 0 Å². The fraction of sp³-hybridized carbons (Fsp3) is 0.643. The molecule has 2 rings (SSSR count). The van der Waals surface area contributed by atoms with E-state index in [4.69, 9.17) is 0 Å². The molecule has 0 saturated carbocycles. The molecule has 0 spiro atoms. The second kappa shape index (κ2) is 6.12. The summed E-state index contributed by atoms with van der Waals surface area (Å²) in [7, 11) is 0. The minimum atomic E-state index is 0.673. The van der Waals surface area contributed by atoms with Crippen LogP contribution in [0.1, 0.15) is 30.9 Å². The third-order valence-corrected chi connectivity index (χ3v) is 3.34. The number of nitrogens with one attached hydrogen (secondary N) is 1. The summed E-state index contributed by atoms with van der Waals surface area (Å²) in [5.74, 6) is 0. The third-order valence-electron chi connectivity index (χ3n) is 3.34. The lowest BCUT2D eigenvalue weighted by molar-refractivity contribution is 0.184. The molecule has 3 heteroatoms. The molecule has 3 nitrogen and oxygen atoms in total. The summed E-state index contributed by atoms with van der Waals surface area (Å²) in [5, 5.41) is 3.55. The summed E-state index contributed by atoms with van der Waals surface area (Å²) >= 11 is 0.